The molecule has 2 rings (SSSR count). The second-order valence-corrected chi connectivity index (χ2v) is 6.05. The van der Waals surface area contributed by atoms with Gasteiger partial charge in [0, 0.05) is 6.07 Å². The standard InChI is InChI=1S/C19H24N2O3S/c1-13-7-5-6-8-17(13)24-12-14(2)20-19(25)21-16-10-9-15(22-3)11-18(16)23-4/h5-11,14H,12H2,1-4H3,(H2,20,21,25). The minimum absolute atomic E-state index is 0.0452. The molecule has 0 amide bonds. The summed E-state index contributed by atoms with van der Waals surface area (Å²) < 4.78 is 16.4. The summed E-state index contributed by atoms with van der Waals surface area (Å²) in [6, 6.07) is 13.5. The summed E-state index contributed by atoms with van der Waals surface area (Å²) >= 11 is 5.37. The van der Waals surface area contributed by atoms with Gasteiger partial charge in [0.15, 0.2) is 5.11 Å². The monoisotopic (exact) mass is 360 g/mol. The Bertz CT molecular complexity index is 722. The third-order valence-corrected chi connectivity index (χ3v) is 3.84. The maximum absolute atomic E-state index is 5.83. The van der Waals surface area contributed by atoms with Crippen LogP contribution in [0.3, 0.4) is 0 Å². The summed E-state index contributed by atoms with van der Waals surface area (Å²) in [6.45, 7) is 4.54. The van der Waals surface area contributed by atoms with Gasteiger partial charge in [0.1, 0.15) is 23.9 Å². The van der Waals surface area contributed by atoms with Crippen molar-refractivity contribution >= 4 is 23.0 Å². The van der Waals surface area contributed by atoms with Gasteiger partial charge in [0.25, 0.3) is 0 Å². The Kier molecular flexibility index (Phi) is 6.89. The maximum atomic E-state index is 5.83. The normalized spacial score (nSPS) is 11.4. The smallest absolute Gasteiger partial charge is 0.171 e. The van der Waals surface area contributed by atoms with Crippen molar-refractivity contribution in [3.63, 3.8) is 0 Å². The largest absolute Gasteiger partial charge is 0.497 e. The molecule has 2 aromatic carbocycles. The van der Waals surface area contributed by atoms with E-state index in [1.54, 1.807) is 20.3 Å². The quantitative estimate of drug-likeness (QED) is 0.733. The lowest BCUT2D eigenvalue weighted by molar-refractivity contribution is 0.285. The molecular weight excluding hydrogens is 336 g/mol. The van der Waals surface area contributed by atoms with Crippen molar-refractivity contribution in [3.05, 3.63) is 48.0 Å². The molecule has 0 radical (unpaired) electrons. The summed E-state index contributed by atoms with van der Waals surface area (Å²) in [5.41, 5.74) is 1.88. The zero-order valence-electron chi connectivity index (χ0n) is 15.0. The minimum atomic E-state index is 0.0452. The molecule has 0 aliphatic carbocycles. The Balaban J connectivity index is 1.88. The van der Waals surface area contributed by atoms with Crippen LogP contribution >= 0.6 is 12.2 Å². The number of rotatable bonds is 7. The summed E-state index contributed by atoms with van der Waals surface area (Å²) in [7, 11) is 3.22. The van der Waals surface area contributed by atoms with Crippen LogP contribution in [0.5, 0.6) is 17.2 Å². The molecular formula is C19H24N2O3S. The first-order valence-electron chi connectivity index (χ1n) is 8.01. The van der Waals surface area contributed by atoms with E-state index in [-0.39, 0.29) is 6.04 Å². The molecule has 0 aliphatic heterocycles. The number of para-hydroxylation sites is 1. The Morgan fingerprint density at radius 1 is 1.08 bits per heavy atom. The van der Waals surface area contributed by atoms with E-state index < -0.39 is 0 Å². The van der Waals surface area contributed by atoms with E-state index in [2.05, 4.69) is 10.6 Å². The molecule has 6 heteroatoms. The Morgan fingerprint density at radius 2 is 1.84 bits per heavy atom. The van der Waals surface area contributed by atoms with E-state index in [1.165, 1.54) is 0 Å². The average molecular weight is 360 g/mol. The van der Waals surface area contributed by atoms with E-state index >= 15 is 0 Å². The van der Waals surface area contributed by atoms with Crippen molar-refractivity contribution in [2.75, 3.05) is 26.1 Å². The van der Waals surface area contributed by atoms with Gasteiger partial charge < -0.3 is 24.8 Å². The van der Waals surface area contributed by atoms with Gasteiger partial charge in [-0.1, -0.05) is 18.2 Å². The third kappa shape index (κ3) is 5.53. The number of nitrogens with one attached hydrogen (secondary N) is 2. The zero-order chi connectivity index (χ0) is 18.2. The van der Waals surface area contributed by atoms with Crippen LogP contribution in [0.15, 0.2) is 42.5 Å². The molecule has 0 bridgehead atoms. The van der Waals surface area contributed by atoms with Crippen molar-refractivity contribution in [1.82, 2.24) is 5.32 Å². The van der Waals surface area contributed by atoms with Crippen LogP contribution in [0.1, 0.15) is 12.5 Å². The molecule has 0 aliphatic rings. The molecule has 5 nitrogen and oxygen atoms in total. The SMILES string of the molecule is COc1ccc(NC(=S)NC(C)COc2ccccc2C)c(OC)c1. The van der Waals surface area contributed by atoms with Gasteiger partial charge >= 0.3 is 0 Å². The molecule has 1 unspecified atom stereocenters. The molecule has 0 saturated carbocycles. The second-order valence-electron chi connectivity index (χ2n) is 5.64. The molecule has 2 N–H and O–H groups in total. The third-order valence-electron chi connectivity index (χ3n) is 3.62. The Labute approximate surface area is 154 Å². The van der Waals surface area contributed by atoms with Crippen LogP contribution in [0.4, 0.5) is 5.69 Å². The molecule has 0 aromatic heterocycles. The topological polar surface area (TPSA) is 51.8 Å². The predicted molar refractivity (Wildman–Crippen MR) is 105 cm³/mol. The van der Waals surface area contributed by atoms with Crippen molar-refractivity contribution in [3.8, 4) is 17.2 Å². The van der Waals surface area contributed by atoms with Crippen molar-refractivity contribution < 1.29 is 14.2 Å². The molecule has 0 heterocycles. The van der Waals surface area contributed by atoms with Gasteiger partial charge in [-0.3, -0.25) is 0 Å². The van der Waals surface area contributed by atoms with Gasteiger partial charge in [-0.25, -0.2) is 0 Å². The Hall–Kier alpha value is -2.47. The van der Waals surface area contributed by atoms with Gasteiger partial charge in [-0.15, -0.1) is 0 Å². The number of aryl methyl sites for hydroxylation is 1. The summed E-state index contributed by atoms with van der Waals surface area (Å²) in [6.07, 6.45) is 0. The predicted octanol–water partition coefficient (Wildman–Crippen LogP) is 3.77. The van der Waals surface area contributed by atoms with Gasteiger partial charge in [0.05, 0.1) is 25.9 Å². The lowest BCUT2D eigenvalue weighted by Crippen LogP contribution is -2.39. The molecule has 25 heavy (non-hydrogen) atoms. The number of methoxy groups -OCH3 is 2. The number of hydrogen-bond donors (Lipinski definition) is 2. The lowest BCUT2D eigenvalue weighted by Gasteiger charge is -2.19. The van der Waals surface area contributed by atoms with Crippen LogP contribution in [-0.2, 0) is 0 Å². The molecule has 134 valence electrons. The van der Waals surface area contributed by atoms with Gasteiger partial charge in [-0.2, -0.15) is 0 Å². The van der Waals surface area contributed by atoms with Crippen molar-refractivity contribution in [2.24, 2.45) is 0 Å². The lowest BCUT2D eigenvalue weighted by atomic mass is 10.2. The van der Waals surface area contributed by atoms with Gasteiger partial charge in [0.2, 0.25) is 0 Å². The van der Waals surface area contributed by atoms with Gasteiger partial charge in [-0.05, 0) is 49.8 Å². The maximum Gasteiger partial charge on any atom is 0.171 e. The Morgan fingerprint density at radius 3 is 2.52 bits per heavy atom. The molecule has 0 fully saturated rings. The number of ether oxygens (including phenoxy) is 3. The molecule has 2 aromatic rings. The van der Waals surface area contributed by atoms with Crippen molar-refractivity contribution in [1.29, 1.82) is 0 Å². The molecule has 0 spiro atoms. The van der Waals surface area contributed by atoms with Crippen molar-refractivity contribution in [2.45, 2.75) is 19.9 Å². The van der Waals surface area contributed by atoms with Crippen LogP contribution in [0.2, 0.25) is 0 Å². The first kappa shape index (κ1) is 18.9. The summed E-state index contributed by atoms with van der Waals surface area (Å²) in [5.74, 6) is 2.26. The van der Waals surface area contributed by atoms with Crippen LogP contribution < -0.4 is 24.8 Å². The fourth-order valence-electron chi connectivity index (χ4n) is 2.26. The van der Waals surface area contributed by atoms with Crippen LogP contribution in [0, 0.1) is 6.92 Å². The van der Waals surface area contributed by atoms with E-state index in [0.29, 0.717) is 17.5 Å². The summed E-state index contributed by atoms with van der Waals surface area (Å²) in [4.78, 5) is 0. The van der Waals surface area contributed by atoms with E-state index in [4.69, 9.17) is 26.4 Å². The molecule has 1 atom stereocenters. The number of benzene rings is 2. The highest BCUT2D eigenvalue weighted by Crippen LogP contribution is 2.28. The van der Waals surface area contributed by atoms with Crippen LogP contribution in [-0.4, -0.2) is 32.0 Å². The van der Waals surface area contributed by atoms with E-state index in [9.17, 15) is 0 Å². The van der Waals surface area contributed by atoms with E-state index in [0.717, 1.165) is 22.7 Å². The highest BCUT2D eigenvalue weighted by molar-refractivity contribution is 7.80. The second kappa shape index (κ2) is 9.13. The summed E-state index contributed by atoms with van der Waals surface area (Å²) in [5, 5.41) is 6.85. The fourth-order valence-corrected chi connectivity index (χ4v) is 2.57. The average Bonchev–Trinajstić information content (AvgIpc) is 2.61. The van der Waals surface area contributed by atoms with Crippen LogP contribution in [0.25, 0.3) is 0 Å². The minimum Gasteiger partial charge on any atom is -0.497 e. The highest BCUT2D eigenvalue weighted by Gasteiger charge is 2.10. The first-order valence-corrected chi connectivity index (χ1v) is 8.42. The fraction of sp³-hybridized carbons (Fsp3) is 0.316. The first-order chi connectivity index (χ1) is 12.0. The molecule has 0 saturated heterocycles. The zero-order valence-corrected chi connectivity index (χ0v) is 15.8. The van der Waals surface area contributed by atoms with E-state index in [1.807, 2.05) is 50.2 Å². The number of thiocarbonyl (C=S) groups is 1. The number of hydrogen-bond acceptors (Lipinski definition) is 4. The highest BCUT2D eigenvalue weighted by atomic mass is 32.1. The number of anilines is 1.